The summed E-state index contributed by atoms with van der Waals surface area (Å²) in [5, 5.41) is 11.9. The summed E-state index contributed by atoms with van der Waals surface area (Å²) in [6, 6.07) is 24.2. The average Bonchev–Trinajstić information content (AvgIpc) is 3.13. The minimum absolute atomic E-state index is 0.279. The first-order chi connectivity index (χ1) is 14.0. The lowest BCUT2D eigenvalue weighted by molar-refractivity contribution is -0.144. The fourth-order valence-corrected chi connectivity index (χ4v) is 4.55. The van der Waals surface area contributed by atoms with Gasteiger partial charge in [-0.25, -0.2) is 0 Å². The number of aliphatic hydroxyl groups is 1. The number of rotatable bonds is 3. The molecule has 29 heavy (non-hydrogen) atoms. The first kappa shape index (κ1) is 17.6. The van der Waals surface area contributed by atoms with Crippen molar-refractivity contribution in [1.82, 2.24) is 0 Å². The van der Waals surface area contributed by atoms with Crippen molar-refractivity contribution in [2.45, 2.75) is 18.1 Å². The van der Waals surface area contributed by atoms with Gasteiger partial charge in [0.1, 0.15) is 5.92 Å². The van der Waals surface area contributed by atoms with Gasteiger partial charge < -0.3 is 14.9 Å². The molecular formula is C24H20N2O3. The summed E-state index contributed by atoms with van der Waals surface area (Å²) in [7, 11) is 1.68. The van der Waals surface area contributed by atoms with Crippen LogP contribution in [-0.2, 0) is 21.7 Å². The van der Waals surface area contributed by atoms with Crippen LogP contribution in [0.2, 0.25) is 0 Å². The van der Waals surface area contributed by atoms with Gasteiger partial charge in [0.05, 0.1) is 12.2 Å². The Balaban J connectivity index is 1.66. The number of amides is 2. The van der Waals surface area contributed by atoms with Gasteiger partial charge in [-0.15, -0.1) is 0 Å². The summed E-state index contributed by atoms with van der Waals surface area (Å²) >= 11 is 0. The zero-order valence-corrected chi connectivity index (χ0v) is 15.9. The highest BCUT2D eigenvalue weighted by molar-refractivity contribution is 6.15. The van der Waals surface area contributed by atoms with Crippen LogP contribution in [0.4, 0.5) is 11.4 Å². The van der Waals surface area contributed by atoms with E-state index in [9.17, 15) is 14.7 Å². The SMILES string of the molecule is CN1C(=O)[C@H]([C@]2(O)C(=O)N(Cc3ccccc3)c3ccccc32)c2ccccc21. The molecule has 5 nitrogen and oxygen atoms in total. The van der Waals surface area contributed by atoms with Gasteiger partial charge in [-0.3, -0.25) is 9.59 Å². The molecule has 3 aromatic rings. The van der Waals surface area contributed by atoms with E-state index < -0.39 is 17.4 Å². The smallest absolute Gasteiger partial charge is 0.265 e. The van der Waals surface area contributed by atoms with Crippen LogP contribution in [0.5, 0.6) is 0 Å². The van der Waals surface area contributed by atoms with Gasteiger partial charge >= 0.3 is 0 Å². The molecule has 0 spiro atoms. The second-order valence-corrected chi connectivity index (χ2v) is 7.55. The second kappa shape index (κ2) is 6.29. The van der Waals surface area contributed by atoms with Gasteiger partial charge in [-0.1, -0.05) is 66.7 Å². The van der Waals surface area contributed by atoms with E-state index in [1.54, 1.807) is 24.1 Å². The minimum atomic E-state index is -1.94. The van der Waals surface area contributed by atoms with Gasteiger partial charge in [-0.05, 0) is 23.3 Å². The van der Waals surface area contributed by atoms with Crippen molar-refractivity contribution < 1.29 is 14.7 Å². The van der Waals surface area contributed by atoms with Crippen LogP contribution in [0, 0.1) is 0 Å². The Labute approximate surface area is 168 Å². The Kier molecular flexibility index (Phi) is 3.83. The highest BCUT2D eigenvalue weighted by Crippen LogP contribution is 2.53. The highest BCUT2D eigenvalue weighted by Gasteiger charge is 2.60. The molecule has 0 fully saturated rings. The lowest BCUT2D eigenvalue weighted by Crippen LogP contribution is -2.47. The Hall–Kier alpha value is -3.44. The fourth-order valence-electron chi connectivity index (χ4n) is 4.55. The lowest BCUT2D eigenvalue weighted by Gasteiger charge is -2.28. The van der Waals surface area contributed by atoms with Gasteiger partial charge in [0, 0.05) is 18.3 Å². The largest absolute Gasteiger partial charge is 0.374 e. The normalized spacial score (nSPS) is 22.8. The Morgan fingerprint density at radius 3 is 2.24 bits per heavy atom. The van der Waals surface area contributed by atoms with E-state index in [4.69, 9.17) is 0 Å². The van der Waals surface area contributed by atoms with Crippen molar-refractivity contribution in [3.8, 4) is 0 Å². The summed E-state index contributed by atoms with van der Waals surface area (Å²) in [5.41, 5.74) is 1.53. The number of fused-ring (bicyclic) bond motifs is 2. The summed E-state index contributed by atoms with van der Waals surface area (Å²) in [5.74, 6) is -1.72. The van der Waals surface area contributed by atoms with Gasteiger partial charge in [0.15, 0.2) is 5.60 Å². The minimum Gasteiger partial charge on any atom is -0.374 e. The first-order valence-electron chi connectivity index (χ1n) is 9.57. The summed E-state index contributed by atoms with van der Waals surface area (Å²) < 4.78 is 0. The zero-order chi connectivity index (χ0) is 20.2. The predicted molar refractivity (Wildman–Crippen MR) is 111 cm³/mol. The van der Waals surface area contributed by atoms with Gasteiger partial charge in [-0.2, -0.15) is 0 Å². The molecule has 0 aliphatic carbocycles. The molecule has 0 aromatic heterocycles. The summed E-state index contributed by atoms with van der Waals surface area (Å²) in [6.07, 6.45) is 0. The number of carbonyl (C=O) groups excluding carboxylic acids is 2. The third-order valence-corrected chi connectivity index (χ3v) is 5.96. The summed E-state index contributed by atoms with van der Waals surface area (Å²) in [6.45, 7) is 0.331. The van der Waals surface area contributed by atoms with E-state index in [0.717, 1.165) is 11.3 Å². The average molecular weight is 384 g/mol. The molecule has 2 aliphatic rings. The number of likely N-dealkylation sites (N-methyl/N-ethyl adjacent to an activating group) is 1. The molecule has 0 bridgehead atoms. The summed E-state index contributed by atoms with van der Waals surface area (Å²) in [4.78, 5) is 29.9. The molecule has 2 amide bonds. The molecule has 3 aromatic carbocycles. The number of benzene rings is 3. The van der Waals surface area contributed by atoms with Gasteiger partial charge in [0.2, 0.25) is 5.91 Å². The molecule has 5 heteroatoms. The Morgan fingerprint density at radius 2 is 1.48 bits per heavy atom. The van der Waals surface area contributed by atoms with Crippen molar-refractivity contribution in [2.24, 2.45) is 0 Å². The third kappa shape index (κ3) is 2.37. The quantitative estimate of drug-likeness (QED) is 0.755. The molecule has 2 aliphatic heterocycles. The molecule has 2 heterocycles. The number of nitrogens with zero attached hydrogens (tertiary/aromatic N) is 2. The highest BCUT2D eigenvalue weighted by atomic mass is 16.3. The van der Waals surface area contributed by atoms with E-state index in [-0.39, 0.29) is 5.91 Å². The molecule has 0 saturated carbocycles. The molecule has 1 N–H and O–H groups in total. The number of para-hydroxylation sites is 2. The van der Waals surface area contributed by atoms with Crippen LogP contribution < -0.4 is 9.80 Å². The van der Waals surface area contributed by atoms with Crippen molar-refractivity contribution >= 4 is 23.2 Å². The van der Waals surface area contributed by atoms with Crippen LogP contribution in [0.1, 0.15) is 22.6 Å². The van der Waals surface area contributed by atoms with Crippen molar-refractivity contribution in [3.05, 3.63) is 95.6 Å². The molecular weight excluding hydrogens is 364 g/mol. The van der Waals surface area contributed by atoms with E-state index >= 15 is 0 Å². The van der Waals surface area contributed by atoms with Crippen LogP contribution in [0.15, 0.2) is 78.9 Å². The van der Waals surface area contributed by atoms with E-state index in [1.165, 1.54) is 4.90 Å². The van der Waals surface area contributed by atoms with Crippen LogP contribution >= 0.6 is 0 Å². The maximum absolute atomic E-state index is 13.6. The van der Waals surface area contributed by atoms with Crippen LogP contribution in [0.3, 0.4) is 0 Å². The second-order valence-electron chi connectivity index (χ2n) is 7.55. The van der Waals surface area contributed by atoms with Crippen LogP contribution in [0.25, 0.3) is 0 Å². The molecule has 0 radical (unpaired) electrons. The van der Waals surface area contributed by atoms with E-state index in [1.807, 2.05) is 66.7 Å². The van der Waals surface area contributed by atoms with E-state index in [0.29, 0.717) is 23.4 Å². The molecule has 144 valence electrons. The van der Waals surface area contributed by atoms with Crippen LogP contribution in [-0.4, -0.2) is 24.0 Å². The number of anilines is 2. The molecule has 5 rings (SSSR count). The molecule has 0 unspecified atom stereocenters. The van der Waals surface area contributed by atoms with Crippen molar-refractivity contribution in [1.29, 1.82) is 0 Å². The number of hydrogen-bond donors (Lipinski definition) is 1. The maximum atomic E-state index is 13.6. The Bertz CT molecular complexity index is 1130. The van der Waals surface area contributed by atoms with Crippen molar-refractivity contribution in [3.63, 3.8) is 0 Å². The zero-order valence-electron chi connectivity index (χ0n) is 15.9. The standard InChI is InChI=1S/C24H20N2O3/c1-25-19-13-7-5-11-17(19)21(22(25)27)24(29)18-12-6-8-14-20(18)26(23(24)28)15-16-9-3-2-4-10-16/h2-14,21,29H,15H2,1H3/t21-,24+/m1/s1. The number of carbonyl (C=O) groups is 2. The maximum Gasteiger partial charge on any atom is 0.265 e. The van der Waals surface area contributed by atoms with Gasteiger partial charge in [0.25, 0.3) is 5.91 Å². The number of hydrogen-bond acceptors (Lipinski definition) is 3. The van der Waals surface area contributed by atoms with Crippen molar-refractivity contribution in [2.75, 3.05) is 16.8 Å². The lowest BCUT2D eigenvalue weighted by atomic mass is 9.78. The molecule has 0 saturated heterocycles. The third-order valence-electron chi connectivity index (χ3n) is 5.96. The topological polar surface area (TPSA) is 60.9 Å². The van der Waals surface area contributed by atoms with E-state index in [2.05, 4.69) is 0 Å². The first-order valence-corrected chi connectivity index (χ1v) is 9.57. The predicted octanol–water partition coefficient (Wildman–Crippen LogP) is 3.18. The Morgan fingerprint density at radius 1 is 0.862 bits per heavy atom. The molecule has 2 atom stereocenters. The fraction of sp³-hybridized carbons (Fsp3) is 0.167. The monoisotopic (exact) mass is 384 g/mol.